The number of hydrogen-bond acceptors (Lipinski definition) is 4. The van der Waals surface area contributed by atoms with Crippen LogP contribution in [-0.4, -0.2) is 30.9 Å². The van der Waals surface area contributed by atoms with Crippen LogP contribution in [0.1, 0.15) is 61.4 Å². The minimum absolute atomic E-state index is 0.188. The molecule has 0 aliphatic carbocycles. The molecule has 1 N–H and O–H groups in total. The summed E-state index contributed by atoms with van der Waals surface area (Å²) in [6.07, 6.45) is 6.32. The molecule has 0 unspecified atom stereocenters. The van der Waals surface area contributed by atoms with Gasteiger partial charge in [0.1, 0.15) is 0 Å². The number of methoxy groups -OCH3 is 1. The van der Waals surface area contributed by atoms with Gasteiger partial charge in [-0.15, -0.1) is 0 Å². The fraction of sp³-hybridized carbons (Fsp3) is 0.333. The normalized spacial score (nSPS) is 10.6. The fourth-order valence-electron chi connectivity index (χ4n) is 4.14. The monoisotopic (exact) mass is 472 g/mol. The molecule has 3 aromatic carbocycles. The summed E-state index contributed by atoms with van der Waals surface area (Å²) in [5.74, 6) is -0.195. The number of unbranched alkanes of at least 4 members (excludes halogenated alkanes) is 4. The summed E-state index contributed by atoms with van der Waals surface area (Å²) in [5, 5.41) is 3.41. The van der Waals surface area contributed by atoms with E-state index in [4.69, 9.17) is 4.74 Å². The Hall–Kier alpha value is -3.60. The Labute approximate surface area is 209 Å². The molecule has 5 heteroatoms. The number of nitrogens with one attached hydrogen (secondary N) is 1. The van der Waals surface area contributed by atoms with Crippen LogP contribution in [0.2, 0.25) is 0 Å². The lowest BCUT2D eigenvalue weighted by Gasteiger charge is -2.19. The molecule has 0 spiro atoms. The van der Waals surface area contributed by atoms with E-state index < -0.39 is 0 Å². The molecule has 0 aliphatic rings. The lowest BCUT2D eigenvalue weighted by Crippen LogP contribution is -2.25. The second kappa shape index (κ2) is 13.3. The number of ether oxygens (including phenoxy) is 1. The van der Waals surface area contributed by atoms with Gasteiger partial charge in [0.2, 0.25) is 5.91 Å². The molecule has 0 heterocycles. The van der Waals surface area contributed by atoms with Crippen LogP contribution in [0.4, 0.5) is 11.4 Å². The van der Waals surface area contributed by atoms with Crippen molar-refractivity contribution in [2.24, 2.45) is 0 Å². The third-order valence-electron chi connectivity index (χ3n) is 6.11. The second-order valence-electron chi connectivity index (χ2n) is 8.82. The van der Waals surface area contributed by atoms with Crippen LogP contribution in [0, 0.1) is 0 Å². The number of esters is 1. The van der Waals surface area contributed by atoms with Crippen LogP contribution in [-0.2, 0) is 16.1 Å². The van der Waals surface area contributed by atoms with Crippen LogP contribution in [0.15, 0.2) is 72.8 Å². The number of para-hydroxylation sites is 2. The maximum Gasteiger partial charge on any atom is 0.339 e. The number of carbonyl (C=O) groups excluding carboxylic acids is 2. The first-order valence-corrected chi connectivity index (χ1v) is 12.4. The number of rotatable bonds is 12. The van der Waals surface area contributed by atoms with Crippen molar-refractivity contribution in [3.05, 3.63) is 83.9 Å². The zero-order valence-corrected chi connectivity index (χ0v) is 21.0. The van der Waals surface area contributed by atoms with Gasteiger partial charge in [0.25, 0.3) is 0 Å². The van der Waals surface area contributed by atoms with Crippen molar-refractivity contribution in [2.75, 3.05) is 19.5 Å². The molecule has 3 aromatic rings. The standard InChI is InChI=1S/C30H36N2O3/c1-4-5-6-7-8-20-29(33)32(2)22-23-14-13-15-24(21-23)25-16-9-11-18-27(25)31-28-19-12-10-17-26(28)30(34)35-3/h9-19,21,31H,4-8,20,22H2,1-3H3. The maximum atomic E-state index is 12.6. The Bertz CT molecular complexity index is 1130. The molecule has 0 radical (unpaired) electrons. The van der Waals surface area contributed by atoms with Gasteiger partial charge >= 0.3 is 5.97 Å². The maximum absolute atomic E-state index is 12.6. The van der Waals surface area contributed by atoms with Gasteiger partial charge < -0.3 is 15.0 Å². The van der Waals surface area contributed by atoms with Crippen molar-refractivity contribution >= 4 is 23.3 Å². The van der Waals surface area contributed by atoms with E-state index in [9.17, 15) is 9.59 Å². The Balaban J connectivity index is 1.74. The summed E-state index contributed by atoms with van der Waals surface area (Å²) in [6, 6.07) is 23.6. The molecule has 3 rings (SSSR count). The van der Waals surface area contributed by atoms with Gasteiger partial charge in [-0.1, -0.05) is 81.1 Å². The minimum Gasteiger partial charge on any atom is -0.465 e. The van der Waals surface area contributed by atoms with E-state index in [1.807, 2.05) is 60.5 Å². The predicted molar refractivity (Wildman–Crippen MR) is 143 cm³/mol. The average Bonchev–Trinajstić information content (AvgIpc) is 2.88. The van der Waals surface area contributed by atoms with E-state index in [1.54, 1.807) is 6.07 Å². The largest absolute Gasteiger partial charge is 0.465 e. The zero-order chi connectivity index (χ0) is 25.0. The summed E-state index contributed by atoms with van der Waals surface area (Å²) in [5.41, 5.74) is 5.19. The molecule has 0 atom stereocenters. The fourth-order valence-corrected chi connectivity index (χ4v) is 4.14. The highest BCUT2D eigenvalue weighted by molar-refractivity contribution is 5.97. The first-order chi connectivity index (χ1) is 17.0. The Morgan fingerprint density at radius 3 is 2.34 bits per heavy atom. The molecule has 0 fully saturated rings. The van der Waals surface area contributed by atoms with E-state index >= 15 is 0 Å². The minimum atomic E-state index is -0.384. The van der Waals surface area contributed by atoms with E-state index in [-0.39, 0.29) is 11.9 Å². The van der Waals surface area contributed by atoms with E-state index in [0.29, 0.717) is 24.2 Å². The van der Waals surface area contributed by atoms with Crippen molar-refractivity contribution in [1.29, 1.82) is 0 Å². The van der Waals surface area contributed by atoms with Gasteiger partial charge in [-0.2, -0.15) is 0 Å². The van der Waals surface area contributed by atoms with Gasteiger partial charge in [0, 0.05) is 31.3 Å². The third-order valence-corrected chi connectivity index (χ3v) is 6.11. The lowest BCUT2D eigenvalue weighted by atomic mass is 10.0. The predicted octanol–water partition coefficient (Wildman–Crippen LogP) is 7.20. The molecule has 1 amide bonds. The molecule has 0 aromatic heterocycles. The summed E-state index contributed by atoms with van der Waals surface area (Å²) < 4.78 is 4.93. The van der Waals surface area contributed by atoms with Crippen molar-refractivity contribution in [3.8, 4) is 11.1 Å². The number of carbonyl (C=O) groups is 2. The van der Waals surface area contributed by atoms with Crippen LogP contribution < -0.4 is 5.32 Å². The highest BCUT2D eigenvalue weighted by Crippen LogP contribution is 2.32. The van der Waals surface area contributed by atoms with E-state index in [2.05, 4.69) is 30.4 Å². The van der Waals surface area contributed by atoms with Gasteiger partial charge in [0.05, 0.1) is 18.4 Å². The van der Waals surface area contributed by atoms with Crippen LogP contribution in [0.25, 0.3) is 11.1 Å². The van der Waals surface area contributed by atoms with Crippen molar-refractivity contribution in [3.63, 3.8) is 0 Å². The van der Waals surface area contributed by atoms with Gasteiger partial charge in [-0.25, -0.2) is 4.79 Å². The Morgan fingerprint density at radius 2 is 1.57 bits per heavy atom. The quantitative estimate of drug-likeness (QED) is 0.224. The number of nitrogens with zero attached hydrogens (tertiary/aromatic N) is 1. The summed E-state index contributed by atoms with van der Waals surface area (Å²) >= 11 is 0. The first-order valence-electron chi connectivity index (χ1n) is 12.4. The van der Waals surface area contributed by atoms with Crippen LogP contribution in [0.3, 0.4) is 0 Å². The lowest BCUT2D eigenvalue weighted by molar-refractivity contribution is -0.130. The third kappa shape index (κ3) is 7.44. The second-order valence-corrected chi connectivity index (χ2v) is 8.82. The van der Waals surface area contributed by atoms with Gasteiger partial charge in [-0.05, 0) is 41.8 Å². The topological polar surface area (TPSA) is 58.6 Å². The molecular formula is C30H36N2O3. The molecule has 5 nitrogen and oxygen atoms in total. The van der Waals surface area contributed by atoms with Crippen LogP contribution in [0.5, 0.6) is 0 Å². The highest BCUT2D eigenvalue weighted by atomic mass is 16.5. The van der Waals surface area contributed by atoms with Crippen molar-refractivity contribution in [1.82, 2.24) is 4.90 Å². The Morgan fingerprint density at radius 1 is 0.857 bits per heavy atom. The average molecular weight is 473 g/mol. The van der Waals surface area contributed by atoms with E-state index in [0.717, 1.165) is 35.2 Å². The highest BCUT2D eigenvalue weighted by Gasteiger charge is 2.14. The Kier molecular flexibility index (Phi) is 9.91. The SMILES string of the molecule is CCCCCCCC(=O)N(C)Cc1cccc(-c2ccccc2Nc2ccccc2C(=O)OC)c1. The van der Waals surface area contributed by atoms with Gasteiger partial charge in [0.15, 0.2) is 0 Å². The molecule has 0 saturated heterocycles. The molecule has 35 heavy (non-hydrogen) atoms. The van der Waals surface area contributed by atoms with Gasteiger partial charge in [-0.3, -0.25) is 4.79 Å². The number of amides is 1. The van der Waals surface area contributed by atoms with E-state index in [1.165, 1.54) is 26.4 Å². The molecule has 184 valence electrons. The van der Waals surface area contributed by atoms with Crippen LogP contribution >= 0.6 is 0 Å². The first kappa shape index (κ1) is 26.0. The summed E-state index contributed by atoms with van der Waals surface area (Å²) in [4.78, 5) is 26.6. The van der Waals surface area contributed by atoms with Crippen molar-refractivity contribution < 1.29 is 14.3 Å². The smallest absolute Gasteiger partial charge is 0.339 e. The number of hydrogen-bond donors (Lipinski definition) is 1. The molecule has 0 saturated carbocycles. The molecule has 0 bridgehead atoms. The number of anilines is 2. The molecular weight excluding hydrogens is 436 g/mol. The zero-order valence-electron chi connectivity index (χ0n) is 21.0. The molecule has 0 aliphatic heterocycles. The number of benzene rings is 3. The van der Waals surface area contributed by atoms with Crippen molar-refractivity contribution in [2.45, 2.75) is 52.0 Å². The summed E-state index contributed by atoms with van der Waals surface area (Å²) in [7, 11) is 3.26. The summed E-state index contributed by atoms with van der Waals surface area (Å²) in [6.45, 7) is 2.77.